The van der Waals surface area contributed by atoms with Crippen molar-refractivity contribution in [3.05, 3.63) is 40.1 Å². The number of amides is 1. The van der Waals surface area contributed by atoms with Gasteiger partial charge in [-0.15, -0.1) is 0 Å². The van der Waals surface area contributed by atoms with E-state index in [1.165, 1.54) is 5.56 Å². The van der Waals surface area contributed by atoms with Gasteiger partial charge in [0.15, 0.2) is 21.7 Å². The molecule has 1 aromatic carbocycles. The number of aromatic nitrogens is 4. The van der Waals surface area contributed by atoms with E-state index < -0.39 is 5.60 Å². The number of benzene rings is 1. The predicted octanol–water partition coefficient (Wildman–Crippen LogP) is 4.34. The fraction of sp³-hybridized carbons (Fsp3) is 0.478. The van der Waals surface area contributed by atoms with E-state index in [2.05, 4.69) is 55.1 Å². The Kier molecular flexibility index (Phi) is 6.47. The van der Waals surface area contributed by atoms with E-state index in [4.69, 9.17) is 15.2 Å². The Bertz CT molecular complexity index is 1160. The van der Waals surface area contributed by atoms with E-state index in [0.717, 1.165) is 12.0 Å². The van der Waals surface area contributed by atoms with Crippen LogP contribution in [0.15, 0.2) is 29.0 Å². The summed E-state index contributed by atoms with van der Waals surface area (Å²) in [6.45, 7) is 9.92. The number of ether oxygens (including phenoxy) is 2. The molecule has 1 aliphatic heterocycles. The minimum atomic E-state index is -0.485. The molecule has 0 radical (unpaired) electrons. The molecule has 4 rings (SSSR count). The zero-order chi connectivity index (χ0) is 23.8. The second-order valence-corrected chi connectivity index (χ2v) is 9.83. The second kappa shape index (κ2) is 9.17. The highest BCUT2D eigenvalue weighted by molar-refractivity contribution is 9.10. The number of likely N-dealkylation sites (tertiary alicyclic amines) is 1. The maximum absolute atomic E-state index is 12.4. The molecular formula is C23H29BrN6O3. The summed E-state index contributed by atoms with van der Waals surface area (Å²) < 4.78 is 13.5. The molecule has 3 heterocycles. The number of nitrogens with two attached hydrogens (primary N) is 1. The number of imidazole rings is 1. The zero-order valence-corrected chi connectivity index (χ0v) is 20.9. The summed E-state index contributed by atoms with van der Waals surface area (Å²) in [4.78, 5) is 27.3. The van der Waals surface area contributed by atoms with Crippen molar-refractivity contribution in [2.45, 2.75) is 52.2 Å². The first kappa shape index (κ1) is 23.3. The van der Waals surface area contributed by atoms with Crippen LogP contribution in [-0.4, -0.2) is 55.8 Å². The first-order valence-electron chi connectivity index (χ1n) is 11.0. The van der Waals surface area contributed by atoms with Crippen molar-refractivity contribution in [3.8, 4) is 6.01 Å². The third kappa shape index (κ3) is 5.21. The number of hydrogen-bond donors (Lipinski definition) is 1. The van der Waals surface area contributed by atoms with Crippen LogP contribution in [0.2, 0.25) is 0 Å². The molecule has 2 N–H and O–H groups in total. The number of halogens is 1. The molecule has 1 amide bonds. The minimum absolute atomic E-state index is 0.238. The number of hydrogen-bond acceptors (Lipinski definition) is 7. The lowest BCUT2D eigenvalue weighted by Crippen LogP contribution is -2.35. The smallest absolute Gasteiger partial charge is 0.410 e. The summed E-state index contributed by atoms with van der Waals surface area (Å²) in [5.41, 5.74) is 9.03. The van der Waals surface area contributed by atoms with Crippen LogP contribution in [0.5, 0.6) is 6.01 Å². The van der Waals surface area contributed by atoms with Gasteiger partial charge in [-0.2, -0.15) is 9.97 Å². The van der Waals surface area contributed by atoms with E-state index in [1.807, 2.05) is 32.3 Å². The third-order valence-corrected chi connectivity index (χ3v) is 6.07. The molecule has 1 saturated heterocycles. The van der Waals surface area contributed by atoms with Gasteiger partial charge in [0.2, 0.25) is 0 Å². The van der Waals surface area contributed by atoms with Gasteiger partial charge >= 0.3 is 12.1 Å². The number of nitrogens with zero attached hydrogens (tertiary/aromatic N) is 5. The number of fused-ring (bicyclic) bond motifs is 1. The van der Waals surface area contributed by atoms with Gasteiger partial charge in [0.25, 0.3) is 0 Å². The molecular weight excluding hydrogens is 488 g/mol. The maximum atomic E-state index is 12.4. The molecule has 33 heavy (non-hydrogen) atoms. The van der Waals surface area contributed by atoms with E-state index in [-0.39, 0.29) is 17.9 Å². The van der Waals surface area contributed by atoms with E-state index in [1.54, 1.807) is 4.90 Å². The van der Waals surface area contributed by atoms with Crippen LogP contribution in [0.3, 0.4) is 0 Å². The van der Waals surface area contributed by atoms with Gasteiger partial charge < -0.3 is 20.1 Å². The normalized spacial score (nSPS) is 16.4. The molecule has 0 bridgehead atoms. The Hall–Kier alpha value is -2.88. The first-order chi connectivity index (χ1) is 15.6. The van der Waals surface area contributed by atoms with Gasteiger partial charge in [-0.3, -0.25) is 4.57 Å². The third-order valence-electron chi connectivity index (χ3n) is 5.46. The van der Waals surface area contributed by atoms with Crippen LogP contribution >= 0.6 is 15.9 Å². The lowest BCUT2D eigenvalue weighted by atomic mass is 9.97. The molecule has 9 nitrogen and oxygen atoms in total. The Morgan fingerprint density at radius 2 is 1.94 bits per heavy atom. The summed E-state index contributed by atoms with van der Waals surface area (Å²) in [6.07, 6.45) is 0.679. The summed E-state index contributed by atoms with van der Waals surface area (Å²) in [5, 5.41) is 0. The fourth-order valence-electron chi connectivity index (χ4n) is 3.91. The molecule has 176 valence electrons. The van der Waals surface area contributed by atoms with Gasteiger partial charge in [-0.05, 0) is 61.2 Å². The van der Waals surface area contributed by atoms with E-state index in [0.29, 0.717) is 48.1 Å². The molecule has 0 spiro atoms. The molecule has 1 unspecified atom stereocenters. The topological polar surface area (TPSA) is 108 Å². The number of rotatable bonds is 5. The van der Waals surface area contributed by atoms with Crippen molar-refractivity contribution in [2.75, 3.05) is 25.4 Å². The quantitative estimate of drug-likeness (QED) is 0.502. The van der Waals surface area contributed by atoms with Crippen molar-refractivity contribution in [1.82, 2.24) is 24.4 Å². The lowest BCUT2D eigenvalue weighted by molar-refractivity contribution is 0.0292. The fourth-order valence-corrected chi connectivity index (χ4v) is 4.38. The Labute approximate surface area is 201 Å². The molecule has 1 atom stereocenters. The minimum Gasteiger partial charge on any atom is -0.464 e. The molecule has 10 heteroatoms. The largest absolute Gasteiger partial charge is 0.464 e. The van der Waals surface area contributed by atoms with Crippen molar-refractivity contribution < 1.29 is 14.3 Å². The van der Waals surface area contributed by atoms with E-state index in [9.17, 15) is 4.79 Å². The zero-order valence-electron chi connectivity index (χ0n) is 19.3. The van der Waals surface area contributed by atoms with Crippen LogP contribution < -0.4 is 10.5 Å². The van der Waals surface area contributed by atoms with Gasteiger partial charge in [0.05, 0.1) is 13.2 Å². The summed E-state index contributed by atoms with van der Waals surface area (Å²) in [6, 6.07) is 8.68. The second-order valence-electron chi connectivity index (χ2n) is 9.12. The molecule has 0 saturated carbocycles. The highest BCUT2D eigenvalue weighted by Crippen LogP contribution is 2.29. The number of carbonyl (C=O) groups is 1. The SMILES string of the molecule is CCOc1nc(N)c2nc(Br)n(Cc3ccc(C4CCN(C(=O)OC(C)(C)C)C4)cc3)c2n1. The first-order valence-corrected chi connectivity index (χ1v) is 11.8. The molecule has 0 aliphatic carbocycles. The maximum Gasteiger partial charge on any atom is 0.410 e. The van der Waals surface area contributed by atoms with Crippen LogP contribution in [0.4, 0.5) is 10.6 Å². The predicted molar refractivity (Wildman–Crippen MR) is 129 cm³/mol. The highest BCUT2D eigenvalue weighted by atomic mass is 79.9. The van der Waals surface area contributed by atoms with Gasteiger partial charge in [-0.1, -0.05) is 24.3 Å². The van der Waals surface area contributed by atoms with Crippen molar-refractivity contribution in [1.29, 1.82) is 0 Å². The molecule has 3 aromatic rings. The molecule has 2 aromatic heterocycles. The summed E-state index contributed by atoms with van der Waals surface area (Å²) in [7, 11) is 0. The number of carbonyl (C=O) groups excluding carboxylic acids is 1. The van der Waals surface area contributed by atoms with Gasteiger partial charge in [0.1, 0.15) is 5.60 Å². The summed E-state index contributed by atoms with van der Waals surface area (Å²) >= 11 is 3.51. The van der Waals surface area contributed by atoms with Crippen molar-refractivity contribution in [2.24, 2.45) is 0 Å². The monoisotopic (exact) mass is 516 g/mol. The summed E-state index contributed by atoms with van der Waals surface area (Å²) in [5.74, 6) is 0.586. The standard InChI is InChI=1S/C23H29BrN6O3/c1-5-32-21-27-18(25)17-19(28-21)30(20(24)26-17)12-14-6-8-15(9-7-14)16-10-11-29(13-16)22(31)33-23(2,3)4/h6-9,16H,5,10-13H2,1-4H3,(H2,25,27,28). The van der Waals surface area contributed by atoms with Crippen LogP contribution in [0, 0.1) is 0 Å². The number of nitrogen functional groups attached to an aromatic ring is 1. The average Bonchev–Trinajstić information content (AvgIpc) is 3.34. The Morgan fingerprint density at radius 1 is 1.21 bits per heavy atom. The van der Waals surface area contributed by atoms with Crippen LogP contribution in [0.1, 0.15) is 51.2 Å². The van der Waals surface area contributed by atoms with Gasteiger partial charge in [0, 0.05) is 19.0 Å². The van der Waals surface area contributed by atoms with E-state index >= 15 is 0 Å². The number of anilines is 1. The van der Waals surface area contributed by atoms with Gasteiger partial charge in [-0.25, -0.2) is 9.78 Å². The highest BCUT2D eigenvalue weighted by Gasteiger charge is 2.30. The van der Waals surface area contributed by atoms with Crippen molar-refractivity contribution >= 4 is 39.0 Å². The Balaban J connectivity index is 1.48. The van der Waals surface area contributed by atoms with Crippen LogP contribution in [-0.2, 0) is 11.3 Å². The molecule has 1 fully saturated rings. The van der Waals surface area contributed by atoms with Crippen molar-refractivity contribution in [3.63, 3.8) is 0 Å². The molecule has 1 aliphatic rings. The lowest BCUT2D eigenvalue weighted by Gasteiger charge is -2.24. The van der Waals surface area contributed by atoms with Crippen LogP contribution in [0.25, 0.3) is 11.2 Å². The Morgan fingerprint density at radius 3 is 2.61 bits per heavy atom. The average molecular weight is 517 g/mol.